The summed E-state index contributed by atoms with van der Waals surface area (Å²) in [4.78, 5) is 26.7. The summed E-state index contributed by atoms with van der Waals surface area (Å²) in [6.07, 6.45) is 0.911. The van der Waals surface area contributed by atoms with Crippen LogP contribution < -0.4 is 13.9 Å². The molecule has 2 aromatic carbocycles. The van der Waals surface area contributed by atoms with E-state index in [1.54, 1.807) is 18.2 Å². The number of piperazine rings is 1. The maximum absolute atomic E-state index is 14.0. The Balaban J connectivity index is 1.78. The van der Waals surface area contributed by atoms with Gasteiger partial charge in [0, 0.05) is 38.3 Å². The normalized spacial score (nSPS) is 14.2. The Morgan fingerprint density at radius 1 is 1.19 bits per heavy atom. The van der Waals surface area contributed by atoms with Crippen LogP contribution in [-0.4, -0.2) is 70.2 Å². The van der Waals surface area contributed by atoms with Crippen LogP contribution in [0.1, 0.15) is 0 Å². The number of methoxy groups -OCH3 is 1. The molecule has 0 saturated carbocycles. The Morgan fingerprint density at radius 2 is 1.84 bits per heavy atom. The highest BCUT2D eigenvalue weighted by molar-refractivity contribution is 7.92. The molecule has 1 aliphatic rings. The summed E-state index contributed by atoms with van der Waals surface area (Å²) >= 11 is 0. The summed E-state index contributed by atoms with van der Waals surface area (Å²) in [6, 6.07) is 9.88. The number of nitrogens with zero attached hydrogens (tertiary/aromatic N) is 4. The summed E-state index contributed by atoms with van der Waals surface area (Å²) in [5, 5.41) is 11.2. The van der Waals surface area contributed by atoms with Crippen molar-refractivity contribution < 1.29 is 27.3 Å². The van der Waals surface area contributed by atoms with E-state index in [1.807, 2.05) is 4.90 Å². The number of anilines is 2. The number of benzene rings is 2. The molecule has 1 heterocycles. The van der Waals surface area contributed by atoms with Gasteiger partial charge in [-0.05, 0) is 18.2 Å². The standard InChI is InChI=1S/C20H23FN4O6S/c1-31-19-8-7-15(25(27)28)13-18(19)24(32(2,29)30)14-20(26)23-11-9-22(10-12-23)17-6-4-3-5-16(17)21/h3-8,13H,9-12,14H2,1-2H3. The fourth-order valence-electron chi connectivity index (χ4n) is 3.50. The molecule has 0 bridgehead atoms. The minimum atomic E-state index is -3.96. The van der Waals surface area contributed by atoms with Gasteiger partial charge in [-0.3, -0.25) is 19.2 Å². The molecule has 0 radical (unpaired) electrons. The summed E-state index contributed by atoms with van der Waals surface area (Å²) in [5.41, 5.74) is 0.0154. The number of non-ortho nitro benzene ring substituents is 1. The summed E-state index contributed by atoms with van der Waals surface area (Å²) in [5.74, 6) is -0.747. The third-order valence-electron chi connectivity index (χ3n) is 5.15. The van der Waals surface area contributed by atoms with Crippen LogP contribution in [0, 0.1) is 15.9 Å². The fourth-order valence-corrected chi connectivity index (χ4v) is 4.34. The average molecular weight is 466 g/mol. The third-order valence-corrected chi connectivity index (χ3v) is 6.27. The van der Waals surface area contributed by atoms with E-state index in [0.29, 0.717) is 18.8 Å². The molecule has 0 N–H and O–H groups in total. The smallest absolute Gasteiger partial charge is 0.271 e. The molecule has 1 aliphatic heterocycles. The first kappa shape index (κ1) is 23.3. The Morgan fingerprint density at radius 3 is 2.41 bits per heavy atom. The monoisotopic (exact) mass is 466 g/mol. The number of carbonyl (C=O) groups is 1. The second-order valence-corrected chi connectivity index (χ2v) is 9.11. The predicted octanol–water partition coefficient (Wildman–Crippen LogP) is 1.86. The second-order valence-electron chi connectivity index (χ2n) is 7.20. The first-order valence-corrected chi connectivity index (χ1v) is 11.5. The molecule has 172 valence electrons. The van der Waals surface area contributed by atoms with Crippen molar-refractivity contribution in [3.05, 3.63) is 58.4 Å². The lowest BCUT2D eigenvalue weighted by atomic mass is 10.2. The van der Waals surface area contributed by atoms with Crippen molar-refractivity contribution in [1.82, 2.24) is 4.90 Å². The van der Waals surface area contributed by atoms with Crippen molar-refractivity contribution in [3.8, 4) is 5.75 Å². The van der Waals surface area contributed by atoms with Crippen LogP contribution in [0.2, 0.25) is 0 Å². The van der Waals surface area contributed by atoms with Crippen LogP contribution in [-0.2, 0) is 14.8 Å². The Hall–Kier alpha value is -3.41. The van der Waals surface area contributed by atoms with Crippen LogP contribution in [0.4, 0.5) is 21.5 Å². The van der Waals surface area contributed by atoms with E-state index in [9.17, 15) is 27.7 Å². The molecule has 1 fully saturated rings. The van der Waals surface area contributed by atoms with Crippen LogP contribution in [0.5, 0.6) is 5.75 Å². The van der Waals surface area contributed by atoms with Gasteiger partial charge in [0.25, 0.3) is 5.69 Å². The molecule has 10 nitrogen and oxygen atoms in total. The molecule has 1 saturated heterocycles. The second kappa shape index (κ2) is 9.39. The minimum absolute atomic E-state index is 0.0817. The third kappa shape index (κ3) is 5.07. The van der Waals surface area contributed by atoms with Gasteiger partial charge in [0.1, 0.15) is 23.8 Å². The van der Waals surface area contributed by atoms with Gasteiger partial charge in [-0.25, -0.2) is 12.8 Å². The lowest BCUT2D eigenvalue weighted by Gasteiger charge is -2.37. The van der Waals surface area contributed by atoms with Crippen molar-refractivity contribution in [2.75, 3.05) is 55.3 Å². The summed E-state index contributed by atoms with van der Waals surface area (Å²) < 4.78 is 44.9. The van der Waals surface area contributed by atoms with Gasteiger partial charge in [-0.15, -0.1) is 0 Å². The van der Waals surface area contributed by atoms with E-state index in [0.717, 1.165) is 16.6 Å². The molecule has 3 rings (SSSR count). The number of carbonyl (C=O) groups excluding carboxylic acids is 1. The Kier molecular flexibility index (Phi) is 6.82. The molecular formula is C20H23FN4O6S. The van der Waals surface area contributed by atoms with Gasteiger partial charge >= 0.3 is 0 Å². The number of hydrogen-bond donors (Lipinski definition) is 0. The largest absolute Gasteiger partial charge is 0.495 e. The molecular weight excluding hydrogens is 443 g/mol. The lowest BCUT2D eigenvalue weighted by Crippen LogP contribution is -2.52. The van der Waals surface area contributed by atoms with Gasteiger partial charge in [-0.1, -0.05) is 12.1 Å². The Labute approximate surface area is 185 Å². The van der Waals surface area contributed by atoms with Crippen LogP contribution >= 0.6 is 0 Å². The number of nitro benzene ring substituents is 1. The highest BCUT2D eigenvalue weighted by Gasteiger charge is 2.30. The topological polar surface area (TPSA) is 113 Å². The van der Waals surface area contributed by atoms with Gasteiger partial charge < -0.3 is 14.5 Å². The molecule has 2 aromatic rings. The van der Waals surface area contributed by atoms with Crippen molar-refractivity contribution >= 4 is 33.0 Å². The van der Waals surface area contributed by atoms with E-state index in [4.69, 9.17) is 4.74 Å². The van der Waals surface area contributed by atoms with Gasteiger partial charge in [0.05, 0.1) is 24.0 Å². The van der Waals surface area contributed by atoms with Crippen LogP contribution in [0.25, 0.3) is 0 Å². The predicted molar refractivity (Wildman–Crippen MR) is 117 cm³/mol. The number of halogens is 1. The average Bonchev–Trinajstić information content (AvgIpc) is 2.76. The fraction of sp³-hybridized carbons (Fsp3) is 0.350. The quantitative estimate of drug-likeness (QED) is 0.452. The summed E-state index contributed by atoms with van der Waals surface area (Å²) in [7, 11) is -2.66. The van der Waals surface area contributed by atoms with E-state index in [1.165, 1.54) is 30.2 Å². The molecule has 0 unspecified atom stereocenters. The van der Waals surface area contributed by atoms with Crippen molar-refractivity contribution in [2.45, 2.75) is 0 Å². The number of sulfonamides is 1. The molecule has 0 atom stereocenters. The van der Waals surface area contributed by atoms with Gasteiger partial charge in [-0.2, -0.15) is 0 Å². The highest BCUT2D eigenvalue weighted by atomic mass is 32.2. The number of rotatable bonds is 7. The molecule has 1 amide bonds. The number of amides is 1. The lowest BCUT2D eigenvalue weighted by molar-refractivity contribution is -0.384. The molecule has 0 aliphatic carbocycles. The first-order valence-electron chi connectivity index (χ1n) is 9.69. The number of ether oxygens (including phenoxy) is 1. The zero-order chi connectivity index (χ0) is 23.5. The summed E-state index contributed by atoms with van der Waals surface area (Å²) in [6.45, 7) is 0.765. The maximum Gasteiger partial charge on any atom is 0.271 e. The number of nitro groups is 1. The van der Waals surface area contributed by atoms with E-state index in [2.05, 4.69) is 0 Å². The zero-order valence-corrected chi connectivity index (χ0v) is 18.4. The van der Waals surface area contributed by atoms with Crippen molar-refractivity contribution in [3.63, 3.8) is 0 Å². The maximum atomic E-state index is 14.0. The van der Waals surface area contributed by atoms with Gasteiger partial charge in [0.2, 0.25) is 15.9 Å². The zero-order valence-electron chi connectivity index (χ0n) is 17.6. The van der Waals surface area contributed by atoms with Crippen LogP contribution in [0.15, 0.2) is 42.5 Å². The van der Waals surface area contributed by atoms with Crippen molar-refractivity contribution in [1.29, 1.82) is 0 Å². The number of para-hydroxylation sites is 1. The van der Waals surface area contributed by atoms with E-state index >= 15 is 0 Å². The first-order chi connectivity index (χ1) is 15.1. The van der Waals surface area contributed by atoms with Gasteiger partial charge in [0.15, 0.2) is 0 Å². The molecule has 0 spiro atoms. The van der Waals surface area contributed by atoms with Crippen molar-refractivity contribution in [2.24, 2.45) is 0 Å². The van der Waals surface area contributed by atoms with E-state index < -0.39 is 27.4 Å². The molecule has 32 heavy (non-hydrogen) atoms. The molecule has 12 heteroatoms. The molecule has 0 aromatic heterocycles. The number of hydrogen-bond acceptors (Lipinski definition) is 7. The van der Waals surface area contributed by atoms with E-state index in [-0.39, 0.29) is 36.0 Å². The Bertz CT molecular complexity index is 1120. The SMILES string of the molecule is COc1ccc([N+](=O)[O-])cc1N(CC(=O)N1CCN(c2ccccc2F)CC1)S(C)(=O)=O. The minimum Gasteiger partial charge on any atom is -0.495 e. The highest BCUT2D eigenvalue weighted by Crippen LogP contribution is 2.33. The van der Waals surface area contributed by atoms with Crippen LogP contribution in [0.3, 0.4) is 0 Å².